The Bertz CT molecular complexity index is 133. The fourth-order valence-corrected chi connectivity index (χ4v) is 1.07. The summed E-state index contributed by atoms with van der Waals surface area (Å²) in [4.78, 5) is 0. The summed E-state index contributed by atoms with van der Waals surface area (Å²) < 4.78 is 0. The molecule has 0 fully saturated rings. The molecule has 0 heterocycles. The molecule has 0 saturated heterocycles. The maximum atomic E-state index is 9.46. The van der Waals surface area contributed by atoms with Crippen molar-refractivity contribution in [2.24, 2.45) is 5.92 Å². The molecule has 0 saturated carbocycles. The Hall–Kier alpha value is -0.200. The molecular formula is C8H19NO4. The van der Waals surface area contributed by atoms with E-state index in [2.05, 4.69) is 5.32 Å². The molecule has 5 heteroatoms. The predicted octanol–water partition coefficient (Wildman–Crippen LogP) is -2.08. The minimum atomic E-state index is -1.03. The van der Waals surface area contributed by atoms with Crippen molar-refractivity contribution in [3.05, 3.63) is 0 Å². The zero-order valence-corrected chi connectivity index (χ0v) is 8.01. The molecule has 13 heavy (non-hydrogen) atoms. The highest BCUT2D eigenvalue weighted by Gasteiger charge is 2.27. The van der Waals surface area contributed by atoms with Crippen LogP contribution in [0.1, 0.15) is 6.92 Å². The van der Waals surface area contributed by atoms with E-state index in [-0.39, 0.29) is 6.54 Å². The number of likely N-dealkylation sites (N-methyl/N-ethyl adjacent to an activating group) is 1. The van der Waals surface area contributed by atoms with E-state index in [1.807, 2.05) is 0 Å². The van der Waals surface area contributed by atoms with Crippen molar-refractivity contribution < 1.29 is 20.4 Å². The van der Waals surface area contributed by atoms with Gasteiger partial charge in [0.1, 0.15) is 0 Å². The first-order valence-corrected chi connectivity index (χ1v) is 4.34. The SMILES string of the molecule is CNC[C@@H](O)[C@@H](O)[C@H](C)[C@H](O)CO. The second-order valence-corrected chi connectivity index (χ2v) is 3.22. The van der Waals surface area contributed by atoms with Crippen LogP contribution in [0.5, 0.6) is 0 Å². The number of nitrogens with one attached hydrogen (secondary N) is 1. The Labute approximate surface area is 78.0 Å². The van der Waals surface area contributed by atoms with Crippen molar-refractivity contribution in [1.82, 2.24) is 5.32 Å². The third-order valence-corrected chi connectivity index (χ3v) is 2.14. The first-order chi connectivity index (χ1) is 6.04. The molecular weight excluding hydrogens is 174 g/mol. The number of aliphatic hydroxyl groups excluding tert-OH is 4. The average Bonchev–Trinajstić information content (AvgIpc) is 2.14. The van der Waals surface area contributed by atoms with Gasteiger partial charge in [-0.15, -0.1) is 0 Å². The van der Waals surface area contributed by atoms with Crippen LogP contribution in [0.2, 0.25) is 0 Å². The second kappa shape index (κ2) is 6.28. The summed E-state index contributed by atoms with van der Waals surface area (Å²) in [6, 6.07) is 0. The van der Waals surface area contributed by atoms with Crippen LogP contribution in [-0.2, 0) is 0 Å². The van der Waals surface area contributed by atoms with Crippen LogP contribution in [0.25, 0.3) is 0 Å². The molecule has 0 aliphatic heterocycles. The molecule has 0 rings (SSSR count). The molecule has 0 amide bonds. The highest BCUT2D eigenvalue weighted by atomic mass is 16.3. The fraction of sp³-hybridized carbons (Fsp3) is 1.00. The largest absolute Gasteiger partial charge is 0.394 e. The first kappa shape index (κ1) is 12.8. The van der Waals surface area contributed by atoms with E-state index in [1.54, 1.807) is 14.0 Å². The van der Waals surface area contributed by atoms with Crippen molar-refractivity contribution in [3.8, 4) is 0 Å². The van der Waals surface area contributed by atoms with Gasteiger partial charge in [-0.25, -0.2) is 0 Å². The maximum absolute atomic E-state index is 9.46. The van der Waals surface area contributed by atoms with E-state index in [1.165, 1.54) is 0 Å². The van der Waals surface area contributed by atoms with Gasteiger partial charge < -0.3 is 25.7 Å². The van der Waals surface area contributed by atoms with E-state index < -0.39 is 30.8 Å². The van der Waals surface area contributed by atoms with Crippen LogP contribution < -0.4 is 5.32 Å². The van der Waals surface area contributed by atoms with Crippen molar-refractivity contribution in [2.75, 3.05) is 20.2 Å². The molecule has 0 bridgehead atoms. The quantitative estimate of drug-likeness (QED) is 0.334. The Kier molecular flexibility index (Phi) is 6.19. The lowest BCUT2D eigenvalue weighted by Gasteiger charge is -2.26. The lowest BCUT2D eigenvalue weighted by Crippen LogP contribution is -2.43. The van der Waals surface area contributed by atoms with Gasteiger partial charge in [0.2, 0.25) is 0 Å². The summed E-state index contributed by atoms with van der Waals surface area (Å²) in [5.41, 5.74) is 0. The average molecular weight is 193 g/mol. The number of hydrogen-bond acceptors (Lipinski definition) is 5. The van der Waals surface area contributed by atoms with Crippen LogP contribution in [0, 0.1) is 5.92 Å². The zero-order valence-electron chi connectivity index (χ0n) is 8.01. The number of rotatable bonds is 6. The Morgan fingerprint density at radius 1 is 1.15 bits per heavy atom. The third-order valence-electron chi connectivity index (χ3n) is 2.14. The summed E-state index contributed by atoms with van der Waals surface area (Å²) in [7, 11) is 1.66. The molecule has 0 aliphatic rings. The third kappa shape index (κ3) is 4.02. The summed E-state index contributed by atoms with van der Waals surface area (Å²) in [5, 5.41) is 39.3. The van der Waals surface area contributed by atoms with Gasteiger partial charge in [-0.2, -0.15) is 0 Å². The standard InChI is InChI=1S/C8H19NO4/c1-5(7(12)4-10)8(13)6(11)3-9-2/h5-13H,3-4H2,1-2H3/t5-,6-,7-,8+/m1/s1. The van der Waals surface area contributed by atoms with E-state index in [4.69, 9.17) is 5.11 Å². The van der Waals surface area contributed by atoms with Gasteiger partial charge in [-0.1, -0.05) is 6.92 Å². The van der Waals surface area contributed by atoms with E-state index in [9.17, 15) is 15.3 Å². The number of hydrogen-bond donors (Lipinski definition) is 5. The normalized spacial score (nSPS) is 20.8. The Morgan fingerprint density at radius 3 is 2.08 bits per heavy atom. The van der Waals surface area contributed by atoms with Crippen LogP contribution in [-0.4, -0.2) is 58.9 Å². The van der Waals surface area contributed by atoms with Crippen molar-refractivity contribution >= 4 is 0 Å². The molecule has 5 N–H and O–H groups in total. The van der Waals surface area contributed by atoms with E-state index in [0.29, 0.717) is 0 Å². The summed E-state index contributed by atoms with van der Waals surface area (Å²) in [5.74, 6) is -0.548. The predicted molar refractivity (Wildman–Crippen MR) is 48.2 cm³/mol. The van der Waals surface area contributed by atoms with Crippen LogP contribution in [0.3, 0.4) is 0 Å². The van der Waals surface area contributed by atoms with Gasteiger partial charge in [-0.05, 0) is 7.05 Å². The molecule has 80 valence electrons. The smallest absolute Gasteiger partial charge is 0.0926 e. The highest BCUT2D eigenvalue weighted by molar-refractivity contribution is 4.78. The van der Waals surface area contributed by atoms with Crippen molar-refractivity contribution in [2.45, 2.75) is 25.2 Å². The van der Waals surface area contributed by atoms with Crippen LogP contribution in [0.4, 0.5) is 0 Å². The monoisotopic (exact) mass is 193 g/mol. The summed E-state index contributed by atoms with van der Waals surface area (Å²) in [6.45, 7) is 1.42. The van der Waals surface area contributed by atoms with Gasteiger partial charge in [0.15, 0.2) is 0 Å². The number of aliphatic hydroxyl groups is 4. The fourth-order valence-electron chi connectivity index (χ4n) is 1.07. The highest BCUT2D eigenvalue weighted by Crippen LogP contribution is 2.11. The van der Waals surface area contributed by atoms with E-state index in [0.717, 1.165) is 0 Å². The lowest BCUT2D eigenvalue weighted by molar-refractivity contribution is -0.0619. The molecule has 0 aromatic carbocycles. The first-order valence-electron chi connectivity index (χ1n) is 4.34. The minimum absolute atomic E-state index is 0.254. The van der Waals surface area contributed by atoms with Gasteiger partial charge in [0.25, 0.3) is 0 Å². The van der Waals surface area contributed by atoms with Crippen molar-refractivity contribution in [3.63, 3.8) is 0 Å². The summed E-state index contributed by atoms with van der Waals surface area (Å²) >= 11 is 0. The lowest BCUT2D eigenvalue weighted by atomic mass is 9.94. The molecule has 0 aromatic rings. The van der Waals surface area contributed by atoms with Gasteiger partial charge in [-0.3, -0.25) is 0 Å². The maximum Gasteiger partial charge on any atom is 0.0926 e. The van der Waals surface area contributed by atoms with Gasteiger partial charge >= 0.3 is 0 Å². The van der Waals surface area contributed by atoms with Crippen LogP contribution >= 0.6 is 0 Å². The molecule has 5 nitrogen and oxygen atoms in total. The zero-order chi connectivity index (χ0) is 10.4. The molecule has 0 unspecified atom stereocenters. The van der Waals surface area contributed by atoms with Crippen molar-refractivity contribution in [1.29, 1.82) is 0 Å². The van der Waals surface area contributed by atoms with Gasteiger partial charge in [0.05, 0.1) is 24.9 Å². The van der Waals surface area contributed by atoms with Crippen LogP contribution in [0.15, 0.2) is 0 Å². The second-order valence-electron chi connectivity index (χ2n) is 3.22. The van der Waals surface area contributed by atoms with Gasteiger partial charge in [0, 0.05) is 12.5 Å². The molecule has 0 aliphatic carbocycles. The topological polar surface area (TPSA) is 93.0 Å². The Morgan fingerprint density at radius 2 is 1.69 bits per heavy atom. The molecule has 4 atom stereocenters. The molecule has 0 aromatic heterocycles. The molecule has 0 spiro atoms. The van der Waals surface area contributed by atoms with E-state index >= 15 is 0 Å². The summed E-state index contributed by atoms with van der Waals surface area (Å²) in [6.07, 6.45) is -2.96. The molecule has 0 radical (unpaired) electrons. The minimum Gasteiger partial charge on any atom is -0.394 e. The Balaban J connectivity index is 3.99.